The molecule has 0 saturated carbocycles. The maximum atomic E-state index is 13.0. The number of carbonyl (C=O) groups excluding carboxylic acids is 1. The van der Waals surface area contributed by atoms with E-state index in [9.17, 15) is 9.18 Å². The summed E-state index contributed by atoms with van der Waals surface area (Å²) in [5, 5.41) is 2.67. The maximum absolute atomic E-state index is 13.0. The molecule has 17 heavy (non-hydrogen) atoms. The molecule has 0 aliphatic heterocycles. The SMILES string of the molecule is O=C(NCc1ccco1)c1cc(F)ccc1I. The Morgan fingerprint density at radius 3 is 2.94 bits per heavy atom. The van der Waals surface area contributed by atoms with Crippen LogP contribution in [-0.2, 0) is 6.54 Å². The molecule has 0 aliphatic rings. The lowest BCUT2D eigenvalue weighted by atomic mass is 10.2. The van der Waals surface area contributed by atoms with E-state index in [1.54, 1.807) is 18.2 Å². The first-order valence-electron chi connectivity index (χ1n) is 4.92. The summed E-state index contributed by atoms with van der Waals surface area (Å²) in [5.41, 5.74) is 0.331. The number of rotatable bonds is 3. The molecule has 1 heterocycles. The van der Waals surface area contributed by atoms with Crippen LogP contribution in [0.1, 0.15) is 16.1 Å². The minimum atomic E-state index is -0.423. The molecule has 2 aromatic rings. The van der Waals surface area contributed by atoms with E-state index < -0.39 is 5.82 Å². The lowest BCUT2D eigenvalue weighted by Gasteiger charge is -2.05. The zero-order valence-corrected chi connectivity index (χ0v) is 10.9. The second-order valence-electron chi connectivity index (χ2n) is 3.39. The molecular weight excluding hydrogens is 336 g/mol. The first-order chi connectivity index (χ1) is 8.16. The van der Waals surface area contributed by atoms with Crippen LogP contribution in [0.15, 0.2) is 41.0 Å². The molecule has 0 spiro atoms. The van der Waals surface area contributed by atoms with Crippen molar-refractivity contribution >= 4 is 28.5 Å². The molecule has 0 unspecified atom stereocenters. The predicted molar refractivity (Wildman–Crippen MR) is 69.0 cm³/mol. The summed E-state index contributed by atoms with van der Waals surface area (Å²) < 4.78 is 18.8. The Bertz CT molecular complexity index is 525. The number of halogens is 2. The van der Waals surface area contributed by atoms with E-state index in [0.717, 1.165) is 0 Å². The predicted octanol–water partition coefficient (Wildman–Crippen LogP) is 2.95. The Balaban J connectivity index is 2.07. The van der Waals surface area contributed by atoms with Crippen LogP contribution < -0.4 is 5.32 Å². The van der Waals surface area contributed by atoms with Gasteiger partial charge in [0, 0.05) is 3.57 Å². The molecule has 1 amide bonds. The highest BCUT2D eigenvalue weighted by molar-refractivity contribution is 14.1. The van der Waals surface area contributed by atoms with Gasteiger partial charge in [-0.05, 0) is 52.9 Å². The van der Waals surface area contributed by atoms with Crippen LogP contribution in [0.2, 0.25) is 0 Å². The summed E-state index contributed by atoms with van der Waals surface area (Å²) in [7, 11) is 0. The molecule has 2 rings (SSSR count). The largest absolute Gasteiger partial charge is 0.467 e. The maximum Gasteiger partial charge on any atom is 0.252 e. The smallest absolute Gasteiger partial charge is 0.252 e. The summed E-state index contributed by atoms with van der Waals surface area (Å²) in [5.74, 6) is -0.0800. The van der Waals surface area contributed by atoms with Crippen molar-refractivity contribution in [3.8, 4) is 0 Å². The highest BCUT2D eigenvalue weighted by Crippen LogP contribution is 2.14. The van der Waals surface area contributed by atoms with Gasteiger partial charge in [-0.15, -0.1) is 0 Å². The van der Waals surface area contributed by atoms with Crippen molar-refractivity contribution in [2.45, 2.75) is 6.54 Å². The van der Waals surface area contributed by atoms with E-state index in [4.69, 9.17) is 4.42 Å². The second-order valence-corrected chi connectivity index (χ2v) is 4.55. The van der Waals surface area contributed by atoms with Gasteiger partial charge in [0.1, 0.15) is 11.6 Å². The molecule has 5 heteroatoms. The van der Waals surface area contributed by atoms with Crippen molar-refractivity contribution in [3.63, 3.8) is 0 Å². The first-order valence-corrected chi connectivity index (χ1v) is 6.00. The van der Waals surface area contributed by atoms with Crippen molar-refractivity contribution in [1.29, 1.82) is 0 Å². The van der Waals surface area contributed by atoms with Gasteiger partial charge in [-0.2, -0.15) is 0 Å². The van der Waals surface area contributed by atoms with Gasteiger partial charge < -0.3 is 9.73 Å². The van der Waals surface area contributed by atoms with Crippen LogP contribution in [0.5, 0.6) is 0 Å². The van der Waals surface area contributed by atoms with E-state index in [1.165, 1.54) is 18.4 Å². The Hall–Kier alpha value is -1.37. The zero-order valence-electron chi connectivity index (χ0n) is 8.74. The summed E-state index contributed by atoms with van der Waals surface area (Å²) in [6, 6.07) is 7.62. The molecule has 1 aromatic carbocycles. The highest BCUT2D eigenvalue weighted by atomic mass is 127. The Labute approximate surface area is 111 Å². The van der Waals surface area contributed by atoms with Gasteiger partial charge in [-0.3, -0.25) is 4.79 Å². The van der Waals surface area contributed by atoms with Crippen LogP contribution in [0.3, 0.4) is 0 Å². The average Bonchev–Trinajstić information content (AvgIpc) is 2.82. The van der Waals surface area contributed by atoms with E-state index >= 15 is 0 Å². The van der Waals surface area contributed by atoms with Crippen LogP contribution in [0.25, 0.3) is 0 Å². The third-order valence-electron chi connectivity index (χ3n) is 2.18. The number of nitrogens with one attached hydrogen (secondary N) is 1. The molecule has 0 bridgehead atoms. The number of carbonyl (C=O) groups is 1. The number of hydrogen-bond donors (Lipinski definition) is 1. The number of furan rings is 1. The summed E-state index contributed by atoms with van der Waals surface area (Å²) in [6.07, 6.45) is 1.54. The third-order valence-corrected chi connectivity index (χ3v) is 3.12. The highest BCUT2D eigenvalue weighted by Gasteiger charge is 2.11. The fourth-order valence-electron chi connectivity index (χ4n) is 1.35. The summed E-state index contributed by atoms with van der Waals surface area (Å²) >= 11 is 1.99. The van der Waals surface area contributed by atoms with E-state index in [1.807, 2.05) is 22.6 Å². The normalized spacial score (nSPS) is 10.2. The average molecular weight is 345 g/mol. The molecule has 0 aliphatic carbocycles. The Kier molecular flexibility index (Phi) is 3.78. The first kappa shape index (κ1) is 12.1. The van der Waals surface area contributed by atoms with Crippen LogP contribution in [-0.4, -0.2) is 5.91 Å². The molecule has 1 N–H and O–H groups in total. The van der Waals surface area contributed by atoms with Crippen molar-refractivity contribution in [2.75, 3.05) is 0 Å². The molecule has 1 aromatic heterocycles. The molecule has 88 valence electrons. The number of hydrogen-bond acceptors (Lipinski definition) is 2. The lowest BCUT2D eigenvalue weighted by Crippen LogP contribution is -2.23. The van der Waals surface area contributed by atoms with E-state index in [0.29, 0.717) is 21.4 Å². The topological polar surface area (TPSA) is 42.2 Å². The molecule has 0 atom stereocenters. The summed E-state index contributed by atoms with van der Waals surface area (Å²) in [6.45, 7) is 0.290. The molecule has 0 fully saturated rings. The van der Waals surface area contributed by atoms with Crippen LogP contribution in [0, 0.1) is 9.39 Å². The van der Waals surface area contributed by atoms with Crippen LogP contribution >= 0.6 is 22.6 Å². The van der Waals surface area contributed by atoms with Gasteiger partial charge in [0.05, 0.1) is 18.4 Å². The molecule has 0 radical (unpaired) electrons. The van der Waals surface area contributed by atoms with Crippen molar-refractivity contribution in [2.24, 2.45) is 0 Å². The Morgan fingerprint density at radius 2 is 2.24 bits per heavy atom. The van der Waals surface area contributed by atoms with E-state index in [2.05, 4.69) is 5.32 Å². The molecule has 0 saturated heterocycles. The standard InChI is InChI=1S/C12H9FINO2/c13-8-3-4-11(14)10(6-8)12(16)15-7-9-2-1-5-17-9/h1-6H,7H2,(H,15,16). The fourth-order valence-corrected chi connectivity index (χ4v) is 1.93. The van der Waals surface area contributed by atoms with Crippen molar-refractivity contribution in [3.05, 3.63) is 57.3 Å². The van der Waals surface area contributed by atoms with Gasteiger partial charge in [-0.25, -0.2) is 4.39 Å². The summed E-state index contributed by atoms with van der Waals surface area (Å²) in [4.78, 5) is 11.8. The van der Waals surface area contributed by atoms with Gasteiger partial charge in [0.2, 0.25) is 0 Å². The number of amides is 1. The van der Waals surface area contributed by atoms with Crippen molar-refractivity contribution < 1.29 is 13.6 Å². The third kappa shape index (κ3) is 3.06. The van der Waals surface area contributed by atoms with Gasteiger partial charge in [0.25, 0.3) is 5.91 Å². The number of benzene rings is 1. The quantitative estimate of drug-likeness (QED) is 0.870. The monoisotopic (exact) mass is 345 g/mol. The van der Waals surface area contributed by atoms with Crippen LogP contribution in [0.4, 0.5) is 4.39 Å². The minimum Gasteiger partial charge on any atom is -0.467 e. The zero-order chi connectivity index (χ0) is 12.3. The Morgan fingerprint density at radius 1 is 1.41 bits per heavy atom. The lowest BCUT2D eigenvalue weighted by molar-refractivity contribution is 0.0946. The second kappa shape index (κ2) is 5.31. The van der Waals surface area contributed by atoms with Gasteiger partial charge in [0.15, 0.2) is 0 Å². The van der Waals surface area contributed by atoms with Gasteiger partial charge in [-0.1, -0.05) is 0 Å². The van der Waals surface area contributed by atoms with Gasteiger partial charge >= 0.3 is 0 Å². The molecule has 3 nitrogen and oxygen atoms in total. The minimum absolute atomic E-state index is 0.290. The fraction of sp³-hybridized carbons (Fsp3) is 0.0833. The van der Waals surface area contributed by atoms with Crippen molar-refractivity contribution in [1.82, 2.24) is 5.32 Å². The van der Waals surface area contributed by atoms with E-state index in [-0.39, 0.29) is 5.91 Å². The molecular formula is C12H9FINO2.